The molecule has 0 heterocycles. The van der Waals surface area contributed by atoms with Gasteiger partial charge in [-0.25, -0.2) is 12.7 Å². The summed E-state index contributed by atoms with van der Waals surface area (Å²) in [5.41, 5.74) is 0. The van der Waals surface area contributed by atoms with Crippen molar-refractivity contribution >= 4 is 16.0 Å². The molecule has 0 bridgehead atoms. The summed E-state index contributed by atoms with van der Waals surface area (Å²) >= 11 is 0. The van der Waals surface area contributed by atoms with Crippen molar-refractivity contribution in [2.45, 2.75) is 39.5 Å². The molecular weight excluding hydrogens is 316 g/mol. The highest BCUT2D eigenvalue weighted by molar-refractivity contribution is 7.88. The normalized spacial score (nSPS) is 12.7. The first kappa shape index (κ1) is 22.1. The van der Waals surface area contributed by atoms with Crippen molar-refractivity contribution in [1.29, 1.82) is 0 Å². The first-order chi connectivity index (χ1) is 11.0. The minimum Gasteiger partial charge on any atom is -0.381 e. The molecule has 2 N–H and O–H groups in total. The minimum atomic E-state index is -3.10. The van der Waals surface area contributed by atoms with Crippen LogP contribution in [0.25, 0.3) is 0 Å². The molecule has 0 rings (SSSR count). The van der Waals surface area contributed by atoms with E-state index in [1.165, 1.54) is 10.6 Å². The van der Waals surface area contributed by atoms with Crippen LogP contribution in [-0.4, -0.2) is 71.4 Å². The van der Waals surface area contributed by atoms with Crippen molar-refractivity contribution in [3.63, 3.8) is 0 Å². The maximum Gasteiger partial charge on any atom is 0.211 e. The number of hydrogen-bond donors (Lipinski definition) is 2. The van der Waals surface area contributed by atoms with Gasteiger partial charge in [0.05, 0.1) is 6.26 Å². The Kier molecular flexibility index (Phi) is 13.1. The number of rotatable bonds is 13. The van der Waals surface area contributed by atoms with Crippen molar-refractivity contribution in [3.05, 3.63) is 0 Å². The molecule has 0 spiro atoms. The van der Waals surface area contributed by atoms with Gasteiger partial charge in [-0.15, -0.1) is 0 Å². The molecule has 0 saturated carbocycles. The second-order valence-corrected chi connectivity index (χ2v) is 7.34. The topological polar surface area (TPSA) is 83.0 Å². The van der Waals surface area contributed by atoms with E-state index in [1.54, 1.807) is 7.05 Å². The van der Waals surface area contributed by atoms with Gasteiger partial charge in [0.1, 0.15) is 0 Å². The summed E-state index contributed by atoms with van der Waals surface area (Å²) in [6, 6.07) is 0. The summed E-state index contributed by atoms with van der Waals surface area (Å²) in [6.45, 7) is 8.08. The van der Waals surface area contributed by atoms with Crippen LogP contribution in [0.15, 0.2) is 4.99 Å². The van der Waals surface area contributed by atoms with E-state index in [2.05, 4.69) is 22.5 Å². The van der Waals surface area contributed by atoms with E-state index >= 15 is 0 Å². The van der Waals surface area contributed by atoms with Crippen LogP contribution in [0.2, 0.25) is 0 Å². The van der Waals surface area contributed by atoms with E-state index in [9.17, 15) is 8.42 Å². The Labute approximate surface area is 141 Å². The highest BCUT2D eigenvalue weighted by Gasteiger charge is 2.13. The van der Waals surface area contributed by atoms with E-state index in [0.29, 0.717) is 19.6 Å². The van der Waals surface area contributed by atoms with Gasteiger partial charge in [-0.05, 0) is 19.3 Å². The van der Waals surface area contributed by atoms with Crippen LogP contribution in [-0.2, 0) is 14.8 Å². The van der Waals surface area contributed by atoms with E-state index in [-0.39, 0.29) is 0 Å². The number of aliphatic imine (C=N–C) groups is 1. The quantitative estimate of drug-likeness (QED) is 0.294. The van der Waals surface area contributed by atoms with Crippen molar-refractivity contribution in [2.75, 3.05) is 52.7 Å². The van der Waals surface area contributed by atoms with Crippen LogP contribution >= 0.6 is 0 Å². The summed E-state index contributed by atoms with van der Waals surface area (Å²) in [5.74, 6) is 0.737. The summed E-state index contributed by atoms with van der Waals surface area (Å²) in [4.78, 5) is 4.14. The van der Waals surface area contributed by atoms with Crippen LogP contribution in [0.3, 0.4) is 0 Å². The van der Waals surface area contributed by atoms with E-state index < -0.39 is 10.0 Å². The van der Waals surface area contributed by atoms with Crippen LogP contribution in [0.1, 0.15) is 39.5 Å². The average molecular weight is 351 g/mol. The van der Waals surface area contributed by atoms with E-state index in [0.717, 1.165) is 51.4 Å². The van der Waals surface area contributed by atoms with Gasteiger partial charge in [0.15, 0.2) is 5.96 Å². The van der Waals surface area contributed by atoms with Crippen molar-refractivity contribution < 1.29 is 13.2 Å². The number of nitrogens with zero attached hydrogens (tertiary/aromatic N) is 2. The molecule has 0 aliphatic rings. The maximum absolute atomic E-state index is 11.5. The highest BCUT2D eigenvalue weighted by Crippen LogP contribution is 1.98. The van der Waals surface area contributed by atoms with Crippen LogP contribution in [0.4, 0.5) is 0 Å². The summed E-state index contributed by atoms with van der Waals surface area (Å²) in [7, 11) is -1.38. The second kappa shape index (κ2) is 13.6. The van der Waals surface area contributed by atoms with Gasteiger partial charge in [-0.3, -0.25) is 4.99 Å². The molecule has 0 unspecified atom stereocenters. The lowest BCUT2D eigenvalue weighted by molar-refractivity contribution is 0.129. The third kappa shape index (κ3) is 12.3. The number of nitrogens with one attached hydrogen (secondary N) is 2. The minimum absolute atomic E-state index is 0.504. The molecule has 7 nitrogen and oxygen atoms in total. The Morgan fingerprint density at radius 2 is 1.70 bits per heavy atom. The smallest absolute Gasteiger partial charge is 0.211 e. The molecular formula is C15H34N4O3S. The average Bonchev–Trinajstić information content (AvgIpc) is 2.50. The van der Waals surface area contributed by atoms with Gasteiger partial charge < -0.3 is 15.4 Å². The van der Waals surface area contributed by atoms with E-state index in [4.69, 9.17) is 4.74 Å². The van der Waals surface area contributed by atoms with E-state index in [1.807, 2.05) is 6.92 Å². The van der Waals surface area contributed by atoms with Crippen molar-refractivity contribution in [2.24, 2.45) is 4.99 Å². The molecule has 0 aromatic heterocycles. The number of ether oxygens (including phenoxy) is 1. The van der Waals surface area contributed by atoms with Crippen LogP contribution < -0.4 is 10.6 Å². The molecule has 0 aliphatic carbocycles. The zero-order valence-corrected chi connectivity index (χ0v) is 15.9. The largest absolute Gasteiger partial charge is 0.381 e. The fourth-order valence-corrected chi connectivity index (χ4v) is 2.90. The summed E-state index contributed by atoms with van der Waals surface area (Å²) in [6.07, 6.45) is 5.18. The Hall–Kier alpha value is -0.860. The van der Waals surface area contributed by atoms with Gasteiger partial charge in [-0.2, -0.15) is 0 Å². The number of guanidine groups is 1. The molecule has 0 atom stereocenters. The predicted molar refractivity (Wildman–Crippen MR) is 96.4 cm³/mol. The van der Waals surface area contributed by atoms with Crippen molar-refractivity contribution in [1.82, 2.24) is 14.9 Å². The Balaban J connectivity index is 3.74. The van der Waals surface area contributed by atoms with Gasteiger partial charge in [0, 0.05) is 46.4 Å². The molecule has 0 fully saturated rings. The molecule has 0 radical (unpaired) electrons. The fourth-order valence-electron chi connectivity index (χ4n) is 1.97. The lowest BCUT2D eigenvalue weighted by Gasteiger charge is -2.18. The Morgan fingerprint density at radius 1 is 1.09 bits per heavy atom. The van der Waals surface area contributed by atoms with Gasteiger partial charge in [0.25, 0.3) is 0 Å². The first-order valence-corrected chi connectivity index (χ1v) is 10.3. The monoisotopic (exact) mass is 350 g/mol. The predicted octanol–water partition coefficient (Wildman–Crippen LogP) is 1.03. The molecule has 0 aliphatic heterocycles. The molecule has 0 aromatic rings. The number of sulfonamides is 1. The molecule has 23 heavy (non-hydrogen) atoms. The molecule has 0 aromatic carbocycles. The first-order valence-electron chi connectivity index (χ1n) is 8.43. The van der Waals surface area contributed by atoms with Crippen molar-refractivity contribution in [3.8, 4) is 0 Å². The zero-order valence-electron chi connectivity index (χ0n) is 15.1. The summed E-state index contributed by atoms with van der Waals surface area (Å²) < 4.78 is 29.9. The van der Waals surface area contributed by atoms with Gasteiger partial charge >= 0.3 is 0 Å². The fraction of sp³-hybridized carbons (Fsp3) is 0.933. The SMILES string of the molecule is CCCCOCCCNC(=NC)NCCCN(CC)S(C)(=O)=O. The van der Waals surface area contributed by atoms with Gasteiger partial charge in [-0.1, -0.05) is 20.3 Å². The number of hydrogen-bond acceptors (Lipinski definition) is 4. The molecule has 0 amide bonds. The van der Waals surface area contributed by atoms with Crippen LogP contribution in [0.5, 0.6) is 0 Å². The third-order valence-corrected chi connectivity index (χ3v) is 4.70. The maximum atomic E-state index is 11.5. The third-order valence-electron chi connectivity index (χ3n) is 3.32. The second-order valence-electron chi connectivity index (χ2n) is 5.35. The van der Waals surface area contributed by atoms with Gasteiger partial charge in [0.2, 0.25) is 10.0 Å². The highest BCUT2D eigenvalue weighted by atomic mass is 32.2. The summed E-state index contributed by atoms with van der Waals surface area (Å²) in [5, 5.41) is 6.41. The number of unbranched alkanes of at least 4 members (excludes halogenated alkanes) is 1. The molecule has 138 valence electrons. The zero-order chi connectivity index (χ0) is 17.6. The van der Waals surface area contributed by atoms with Crippen LogP contribution in [0, 0.1) is 0 Å². The standard InChI is InChI=1S/C15H34N4O3S/c1-5-7-13-22-14-9-11-18-15(16-3)17-10-8-12-19(6-2)23(4,20)21/h5-14H2,1-4H3,(H2,16,17,18). The molecule has 8 heteroatoms. The lowest BCUT2D eigenvalue weighted by atomic mass is 10.4. The Bertz CT molecular complexity index is 413. The molecule has 0 saturated heterocycles. The lowest BCUT2D eigenvalue weighted by Crippen LogP contribution is -2.40. The Morgan fingerprint density at radius 3 is 2.22 bits per heavy atom.